The Balaban J connectivity index is 1.81. The zero-order chi connectivity index (χ0) is 21.9. The summed E-state index contributed by atoms with van der Waals surface area (Å²) in [5.74, 6) is -2.17. The van der Waals surface area contributed by atoms with Crippen molar-refractivity contribution in [2.75, 3.05) is 5.32 Å². The SMILES string of the molecule is O=C(Nc1cc(Cl)cc(Cl)c1)c1ccc(F)c(S(=O)(=O)NCc2ccc(F)cc2)c1. The highest BCUT2D eigenvalue weighted by molar-refractivity contribution is 7.89. The molecule has 0 bridgehead atoms. The van der Waals surface area contributed by atoms with Crippen LogP contribution in [0.5, 0.6) is 0 Å². The summed E-state index contributed by atoms with van der Waals surface area (Å²) in [4.78, 5) is 11.8. The topological polar surface area (TPSA) is 75.3 Å². The fourth-order valence-electron chi connectivity index (χ4n) is 2.54. The van der Waals surface area contributed by atoms with Crippen LogP contribution in [0.1, 0.15) is 15.9 Å². The number of nitrogens with one attached hydrogen (secondary N) is 2. The first-order chi connectivity index (χ1) is 14.1. The molecule has 5 nitrogen and oxygen atoms in total. The Bertz CT molecular complexity index is 1180. The Kier molecular flexibility index (Phi) is 6.72. The van der Waals surface area contributed by atoms with E-state index >= 15 is 0 Å². The van der Waals surface area contributed by atoms with E-state index in [1.807, 2.05) is 0 Å². The largest absolute Gasteiger partial charge is 0.322 e. The van der Waals surface area contributed by atoms with Crippen LogP contribution in [0, 0.1) is 11.6 Å². The van der Waals surface area contributed by atoms with Gasteiger partial charge in [-0.1, -0.05) is 35.3 Å². The summed E-state index contributed by atoms with van der Waals surface area (Å²) in [5, 5.41) is 3.11. The Labute approximate surface area is 181 Å². The van der Waals surface area contributed by atoms with Crippen molar-refractivity contribution in [2.24, 2.45) is 0 Å². The third kappa shape index (κ3) is 5.54. The van der Waals surface area contributed by atoms with Gasteiger partial charge in [0.05, 0.1) is 0 Å². The summed E-state index contributed by atoms with van der Waals surface area (Å²) in [6.45, 7) is -0.181. The van der Waals surface area contributed by atoms with Crippen LogP contribution in [0.2, 0.25) is 10.0 Å². The highest BCUT2D eigenvalue weighted by Crippen LogP contribution is 2.24. The maximum Gasteiger partial charge on any atom is 0.255 e. The summed E-state index contributed by atoms with van der Waals surface area (Å²) in [5.41, 5.74) is 0.683. The average Bonchev–Trinajstić information content (AvgIpc) is 2.67. The molecule has 3 aromatic carbocycles. The van der Waals surface area contributed by atoms with Crippen LogP contribution < -0.4 is 10.0 Å². The molecule has 0 aromatic heterocycles. The van der Waals surface area contributed by atoms with Gasteiger partial charge in [-0.2, -0.15) is 0 Å². The first kappa shape index (κ1) is 22.2. The minimum Gasteiger partial charge on any atom is -0.322 e. The van der Waals surface area contributed by atoms with Gasteiger partial charge in [0.1, 0.15) is 16.5 Å². The molecule has 0 unspecified atom stereocenters. The summed E-state index contributed by atoms with van der Waals surface area (Å²) < 4.78 is 54.4. The molecule has 0 aliphatic carbocycles. The number of sulfonamides is 1. The normalized spacial score (nSPS) is 11.3. The molecule has 30 heavy (non-hydrogen) atoms. The molecular weight excluding hydrogens is 457 g/mol. The average molecular weight is 471 g/mol. The van der Waals surface area contributed by atoms with Crippen LogP contribution in [-0.4, -0.2) is 14.3 Å². The maximum atomic E-state index is 14.2. The van der Waals surface area contributed by atoms with Crippen LogP contribution in [0.15, 0.2) is 65.6 Å². The number of carbonyl (C=O) groups is 1. The Morgan fingerprint density at radius 1 is 0.900 bits per heavy atom. The molecule has 156 valence electrons. The lowest BCUT2D eigenvalue weighted by atomic mass is 10.2. The number of anilines is 1. The summed E-state index contributed by atoms with van der Waals surface area (Å²) in [7, 11) is -4.28. The van der Waals surface area contributed by atoms with E-state index in [9.17, 15) is 22.0 Å². The van der Waals surface area contributed by atoms with Crippen molar-refractivity contribution in [3.63, 3.8) is 0 Å². The second-order valence-corrected chi connectivity index (χ2v) is 8.82. The van der Waals surface area contributed by atoms with Gasteiger partial charge < -0.3 is 5.32 Å². The number of rotatable bonds is 6. The molecule has 0 heterocycles. The van der Waals surface area contributed by atoms with Crippen LogP contribution in [-0.2, 0) is 16.6 Å². The van der Waals surface area contributed by atoms with Crippen LogP contribution in [0.3, 0.4) is 0 Å². The van der Waals surface area contributed by atoms with Gasteiger partial charge in [0.15, 0.2) is 0 Å². The van der Waals surface area contributed by atoms with Gasteiger partial charge in [-0.15, -0.1) is 0 Å². The van der Waals surface area contributed by atoms with Crippen molar-refractivity contribution < 1.29 is 22.0 Å². The molecule has 0 aliphatic rings. The lowest BCUT2D eigenvalue weighted by molar-refractivity contribution is 0.102. The molecule has 1 amide bonds. The number of carbonyl (C=O) groups excluding carboxylic acids is 1. The van der Waals surface area contributed by atoms with E-state index in [0.717, 1.165) is 18.2 Å². The molecule has 3 rings (SSSR count). The predicted molar refractivity (Wildman–Crippen MR) is 111 cm³/mol. The monoisotopic (exact) mass is 470 g/mol. The standard InChI is InChI=1S/C20H14Cl2F2N2O3S/c21-14-8-15(22)10-17(9-14)26-20(27)13-3-6-18(24)19(7-13)30(28,29)25-11-12-1-4-16(23)5-2-12/h1-10,25H,11H2,(H,26,27). The lowest BCUT2D eigenvalue weighted by Crippen LogP contribution is -2.25. The number of amides is 1. The Morgan fingerprint density at radius 3 is 2.17 bits per heavy atom. The van der Waals surface area contributed by atoms with Crippen molar-refractivity contribution >= 4 is 44.8 Å². The van der Waals surface area contributed by atoms with Gasteiger partial charge in [0.25, 0.3) is 5.91 Å². The highest BCUT2D eigenvalue weighted by Gasteiger charge is 2.21. The molecule has 0 saturated heterocycles. The highest BCUT2D eigenvalue weighted by atomic mass is 35.5. The molecular formula is C20H14Cl2F2N2O3S. The maximum absolute atomic E-state index is 14.2. The first-order valence-electron chi connectivity index (χ1n) is 8.45. The fourth-order valence-corrected chi connectivity index (χ4v) is 4.18. The van der Waals surface area contributed by atoms with E-state index in [2.05, 4.69) is 10.0 Å². The predicted octanol–water partition coefficient (Wildman–Crippen LogP) is 5.00. The van der Waals surface area contributed by atoms with Gasteiger partial charge in [-0.05, 0) is 54.1 Å². The second kappa shape index (κ2) is 9.09. The van der Waals surface area contributed by atoms with Gasteiger partial charge >= 0.3 is 0 Å². The molecule has 0 radical (unpaired) electrons. The zero-order valence-corrected chi connectivity index (χ0v) is 17.5. The number of hydrogen-bond acceptors (Lipinski definition) is 3. The van der Waals surface area contributed by atoms with Crippen molar-refractivity contribution in [1.82, 2.24) is 4.72 Å². The molecule has 0 fully saturated rings. The second-order valence-electron chi connectivity index (χ2n) is 6.21. The van der Waals surface area contributed by atoms with E-state index in [-0.39, 0.29) is 12.1 Å². The van der Waals surface area contributed by atoms with Gasteiger partial charge in [-0.3, -0.25) is 4.79 Å². The van der Waals surface area contributed by atoms with Gasteiger partial charge in [-0.25, -0.2) is 21.9 Å². The van der Waals surface area contributed by atoms with E-state index in [1.165, 1.54) is 42.5 Å². The molecule has 0 spiro atoms. The van der Waals surface area contributed by atoms with Crippen molar-refractivity contribution in [1.29, 1.82) is 0 Å². The minimum atomic E-state index is -4.28. The van der Waals surface area contributed by atoms with Crippen molar-refractivity contribution in [3.05, 3.63) is 93.5 Å². The Hall–Kier alpha value is -2.52. The van der Waals surface area contributed by atoms with E-state index in [0.29, 0.717) is 21.3 Å². The zero-order valence-electron chi connectivity index (χ0n) is 15.1. The molecule has 0 saturated carbocycles. The van der Waals surface area contributed by atoms with E-state index < -0.39 is 32.5 Å². The quantitative estimate of drug-likeness (QED) is 0.531. The van der Waals surface area contributed by atoms with Crippen molar-refractivity contribution in [2.45, 2.75) is 11.4 Å². The molecule has 3 aromatic rings. The van der Waals surface area contributed by atoms with Gasteiger partial charge in [0.2, 0.25) is 10.0 Å². The Morgan fingerprint density at radius 2 is 1.53 bits per heavy atom. The lowest BCUT2D eigenvalue weighted by Gasteiger charge is -2.11. The number of halogens is 4. The van der Waals surface area contributed by atoms with Crippen molar-refractivity contribution in [3.8, 4) is 0 Å². The molecule has 0 aliphatic heterocycles. The molecule has 0 atom stereocenters. The summed E-state index contributed by atoms with van der Waals surface area (Å²) in [6.07, 6.45) is 0. The first-order valence-corrected chi connectivity index (χ1v) is 10.7. The van der Waals surface area contributed by atoms with E-state index in [1.54, 1.807) is 0 Å². The summed E-state index contributed by atoms with van der Waals surface area (Å²) >= 11 is 11.8. The van der Waals surface area contributed by atoms with Crippen LogP contribution >= 0.6 is 23.2 Å². The third-order valence-electron chi connectivity index (χ3n) is 3.98. The van der Waals surface area contributed by atoms with Gasteiger partial charge in [0, 0.05) is 27.8 Å². The number of hydrogen-bond donors (Lipinski definition) is 2. The minimum absolute atomic E-state index is 0.0883. The number of benzene rings is 3. The van der Waals surface area contributed by atoms with Crippen LogP contribution in [0.4, 0.5) is 14.5 Å². The van der Waals surface area contributed by atoms with Crippen LogP contribution in [0.25, 0.3) is 0 Å². The molecule has 2 N–H and O–H groups in total. The third-order valence-corrected chi connectivity index (χ3v) is 5.84. The smallest absolute Gasteiger partial charge is 0.255 e. The molecule has 10 heteroatoms. The summed E-state index contributed by atoms with van der Waals surface area (Å²) in [6, 6.07) is 12.5. The fraction of sp³-hybridized carbons (Fsp3) is 0.0500. The van der Waals surface area contributed by atoms with E-state index in [4.69, 9.17) is 23.2 Å².